The number of benzene rings is 3. The highest BCUT2D eigenvalue weighted by atomic mass is 19.4. The second kappa shape index (κ2) is 16.2. The second-order valence-corrected chi connectivity index (χ2v) is 12.2. The van der Waals surface area contributed by atoms with Crippen molar-refractivity contribution in [3.05, 3.63) is 83.7 Å². The van der Waals surface area contributed by atoms with Crippen molar-refractivity contribution in [2.75, 3.05) is 64.9 Å². The maximum absolute atomic E-state index is 13.9. The Bertz CT molecular complexity index is 1760. The van der Waals surface area contributed by atoms with Gasteiger partial charge >= 0.3 is 12.7 Å². The summed E-state index contributed by atoms with van der Waals surface area (Å²) in [6.07, 6.45) is -8.38. The van der Waals surface area contributed by atoms with E-state index in [1.807, 2.05) is 18.2 Å². The lowest BCUT2D eigenvalue weighted by molar-refractivity contribution is -0.325. The Hall–Kier alpha value is -4.57. The van der Waals surface area contributed by atoms with E-state index in [2.05, 4.69) is 19.3 Å². The van der Waals surface area contributed by atoms with Gasteiger partial charge in [-0.2, -0.15) is 0 Å². The third-order valence-electron chi connectivity index (χ3n) is 8.70. The number of alkyl halides is 6. The van der Waals surface area contributed by atoms with Gasteiger partial charge in [-0.15, -0.1) is 26.3 Å². The van der Waals surface area contributed by atoms with E-state index in [1.165, 1.54) is 37.3 Å². The van der Waals surface area contributed by atoms with Crippen LogP contribution in [0.1, 0.15) is 34.7 Å². The van der Waals surface area contributed by atoms with Gasteiger partial charge in [0.1, 0.15) is 17.3 Å². The molecule has 1 atom stereocenters. The first-order chi connectivity index (χ1) is 24.2. The highest BCUT2D eigenvalue weighted by Gasteiger charge is 2.32. The van der Waals surface area contributed by atoms with Gasteiger partial charge in [-0.3, -0.25) is 9.53 Å². The van der Waals surface area contributed by atoms with E-state index in [1.54, 1.807) is 22.8 Å². The Morgan fingerprint density at radius 3 is 2.37 bits per heavy atom. The molecule has 276 valence electrons. The SMILES string of the molecule is COc1ccc(OC(F)(F)F)cc1C(=O)N(C)CC(CCN1CCCN(c2nc3ccccc3n2CCOC(F)(F)F)CC1)c1ccc(F)cc1. The van der Waals surface area contributed by atoms with Crippen molar-refractivity contribution in [2.45, 2.75) is 38.0 Å². The number of anilines is 1. The lowest BCUT2D eigenvalue weighted by Gasteiger charge is -2.28. The maximum atomic E-state index is 13.9. The molecule has 0 N–H and O–H groups in total. The number of para-hydroxylation sites is 2. The van der Waals surface area contributed by atoms with Crippen LogP contribution in [0.3, 0.4) is 0 Å². The number of aromatic nitrogens is 2. The van der Waals surface area contributed by atoms with E-state index in [-0.39, 0.29) is 30.3 Å². The Morgan fingerprint density at radius 1 is 0.922 bits per heavy atom. The molecule has 2 heterocycles. The molecule has 1 aliphatic rings. The number of hydrogen-bond donors (Lipinski definition) is 0. The zero-order valence-electron chi connectivity index (χ0n) is 28.0. The molecule has 1 unspecified atom stereocenters. The summed E-state index contributed by atoms with van der Waals surface area (Å²) in [6.45, 7) is 2.70. The van der Waals surface area contributed by atoms with Crippen LogP contribution in [0.4, 0.5) is 36.7 Å². The minimum atomic E-state index is -4.95. The number of imidazole rings is 1. The summed E-state index contributed by atoms with van der Waals surface area (Å²) in [4.78, 5) is 24.0. The third-order valence-corrected chi connectivity index (χ3v) is 8.70. The zero-order chi connectivity index (χ0) is 36.8. The molecule has 1 aromatic heterocycles. The van der Waals surface area contributed by atoms with Crippen LogP contribution in [-0.4, -0.2) is 98.0 Å². The molecule has 9 nitrogen and oxygen atoms in total. The van der Waals surface area contributed by atoms with Crippen LogP contribution in [0.25, 0.3) is 11.0 Å². The fraction of sp³-hybridized carbons (Fsp3) is 0.429. The summed E-state index contributed by atoms with van der Waals surface area (Å²) in [6, 6.07) is 16.5. The highest BCUT2D eigenvalue weighted by Crippen LogP contribution is 2.31. The molecule has 0 saturated carbocycles. The van der Waals surface area contributed by atoms with Crippen LogP contribution in [0.2, 0.25) is 0 Å². The molecule has 0 radical (unpaired) electrons. The van der Waals surface area contributed by atoms with Crippen molar-refractivity contribution >= 4 is 22.9 Å². The molecule has 3 aromatic carbocycles. The van der Waals surface area contributed by atoms with E-state index in [0.717, 1.165) is 30.7 Å². The number of halogens is 7. The topological polar surface area (TPSA) is 72.3 Å². The maximum Gasteiger partial charge on any atom is 0.573 e. The number of amides is 1. The van der Waals surface area contributed by atoms with Crippen molar-refractivity contribution in [2.24, 2.45) is 0 Å². The normalized spacial score (nSPS) is 15.1. The molecular formula is C35H38F7N5O4. The number of fused-ring (bicyclic) bond motifs is 1. The Morgan fingerprint density at radius 2 is 1.67 bits per heavy atom. The second-order valence-electron chi connectivity index (χ2n) is 12.2. The first kappa shape index (κ1) is 37.7. The quantitative estimate of drug-likeness (QED) is 0.137. The lowest BCUT2D eigenvalue weighted by Crippen LogP contribution is -2.35. The van der Waals surface area contributed by atoms with Gasteiger partial charge in [0, 0.05) is 45.7 Å². The number of carbonyl (C=O) groups excluding carboxylic acids is 1. The summed E-state index contributed by atoms with van der Waals surface area (Å²) < 4.78 is 106. The van der Waals surface area contributed by atoms with Crippen LogP contribution < -0.4 is 14.4 Å². The van der Waals surface area contributed by atoms with Crippen LogP contribution in [-0.2, 0) is 11.3 Å². The van der Waals surface area contributed by atoms with Crippen LogP contribution in [0.5, 0.6) is 11.5 Å². The number of nitrogens with zero attached hydrogens (tertiary/aromatic N) is 5. The predicted octanol–water partition coefficient (Wildman–Crippen LogP) is 7.08. The third kappa shape index (κ3) is 10.3. The monoisotopic (exact) mass is 725 g/mol. The van der Waals surface area contributed by atoms with Gasteiger partial charge in [0.05, 0.1) is 30.3 Å². The van der Waals surface area contributed by atoms with Gasteiger partial charge in [0.25, 0.3) is 5.91 Å². The molecule has 5 rings (SSSR count). The number of rotatable bonds is 13. The van der Waals surface area contributed by atoms with Gasteiger partial charge in [0.15, 0.2) is 0 Å². The molecule has 16 heteroatoms. The van der Waals surface area contributed by atoms with Gasteiger partial charge in [-0.1, -0.05) is 24.3 Å². The zero-order valence-corrected chi connectivity index (χ0v) is 28.0. The van der Waals surface area contributed by atoms with E-state index < -0.39 is 36.8 Å². The molecule has 51 heavy (non-hydrogen) atoms. The average molecular weight is 726 g/mol. The number of carbonyl (C=O) groups is 1. The van der Waals surface area contributed by atoms with Gasteiger partial charge in [-0.05, 0) is 74.0 Å². The minimum absolute atomic E-state index is 0.0350. The van der Waals surface area contributed by atoms with Crippen LogP contribution >= 0.6 is 0 Å². The highest BCUT2D eigenvalue weighted by molar-refractivity contribution is 5.97. The molecule has 0 bridgehead atoms. The van der Waals surface area contributed by atoms with Crippen molar-refractivity contribution in [3.8, 4) is 11.5 Å². The van der Waals surface area contributed by atoms with Crippen molar-refractivity contribution < 1.29 is 49.7 Å². The summed E-state index contributed by atoms with van der Waals surface area (Å²) in [5.74, 6) is -1.19. The van der Waals surface area contributed by atoms with Crippen molar-refractivity contribution in [1.29, 1.82) is 0 Å². The van der Waals surface area contributed by atoms with E-state index in [4.69, 9.17) is 9.72 Å². The van der Waals surface area contributed by atoms with Crippen LogP contribution in [0, 0.1) is 5.82 Å². The smallest absolute Gasteiger partial charge is 0.496 e. The number of likely N-dealkylation sites (N-methyl/N-ethyl adjacent to an activating group) is 1. The molecular weight excluding hydrogens is 687 g/mol. The van der Waals surface area contributed by atoms with Crippen molar-refractivity contribution in [3.63, 3.8) is 0 Å². The fourth-order valence-electron chi connectivity index (χ4n) is 6.28. The molecule has 0 spiro atoms. The number of methoxy groups -OCH3 is 1. The predicted molar refractivity (Wildman–Crippen MR) is 175 cm³/mol. The summed E-state index contributed by atoms with van der Waals surface area (Å²) in [7, 11) is 2.84. The Labute approximate surface area is 290 Å². The molecule has 1 amide bonds. The average Bonchev–Trinajstić information content (AvgIpc) is 3.27. The first-order valence-corrected chi connectivity index (χ1v) is 16.3. The van der Waals surface area contributed by atoms with Crippen LogP contribution in [0.15, 0.2) is 66.7 Å². The summed E-state index contributed by atoms with van der Waals surface area (Å²) in [5.41, 5.74) is 2.04. The van der Waals surface area contributed by atoms with E-state index >= 15 is 0 Å². The largest absolute Gasteiger partial charge is 0.573 e. The lowest BCUT2D eigenvalue weighted by atomic mass is 9.94. The van der Waals surface area contributed by atoms with Gasteiger partial charge in [0.2, 0.25) is 5.95 Å². The molecule has 4 aromatic rings. The van der Waals surface area contributed by atoms with E-state index in [9.17, 15) is 35.5 Å². The summed E-state index contributed by atoms with van der Waals surface area (Å²) in [5, 5.41) is 0. The van der Waals surface area contributed by atoms with Crippen molar-refractivity contribution in [1.82, 2.24) is 19.4 Å². The Balaban J connectivity index is 1.28. The number of ether oxygens (including phenoxy) is 3. The molecule has 0 aliphatic carbocycles. The first-order valence-electron chi connectivity index (χ1n) is 16.3. The fourth-order valence-corrected chi connectivity index (χ4v) is 6.28. The molecule has 1 aliphatic heterocycles. The molecule has 1 fully saturated rings. The number of hydrogen-bond acceptors (Lipinski definition) is 7. The summed E-state index contributed by atoms with van der Waals surface area (Å²) >= 11 is 0. The Kier molecular flexibility index (Phi) is 12.0. The van der Waals surface area contributed by atoms with E-state index in [0.29, 0.717) is 49.6 Å². The van der Waals surface area contributed by atoms with Gasteiger partial charge in [-0.25, -0.2) is 9.37 Å². The standard InChI is InChI=1S/C35H38F7N5O4/c1-44(32(48)28-22-27(51-35(40,41)42)12-13-31(28)49-2)23-25(24-8-10-26(36)11-9-24)14-17-45-15-5-16-46(19-18-45)33-43-29-6-3-4-7-30(29)47(33)20-21-50-34(37,38)39/h3-4,6-13,22,25H,5,14-21,23H2,1-2H3. The molecule has 1 saturated heterocycles. The van der Waals surface area contributed by atoms with Gasteiger partial charge < -0.3 is 28.7 Å². The minimum Gasteiger partial charge on any atom is -0.496 e.